The first-order valence-corrected chi connectivity index (χ1v) is 9.13. The number of rotatable bonds is 5. The maximum absolute atomic E-state index is 12.7. The summed E-state index contributed by atoms with van der Waals surface area (Å²) in [5.74, 6) is -0.749. The average molecular weight is 402 g/mol. The van der Waals surface area contributed by atoms with E-state index in [0.717, 1.165) is 24.3 Å². The van der Waals surface area contributed by atoms with E-state index in [1.165, 1.54) is 19.1 Å². The molecule has 0 fully saturated rings. The predicted molar refractivity (Wildman–Crippen MR) is 94.2 cm³/mol. The molecule has 0 unspecified atom stereocenters. The molecule has 1 amide bonds. The Balaban J connectivity index is 2.27. The number of amides is 1. The number of carbonyl (C=O) groups is 1. The van der Waals surface area contributed by atoms with E-state index in [1.807, 2.05) is 0 Å². The van der Waals surface area contributed by atoms with Crippen molar-refractivity contribution in [3.63, 3.8) is 0 Å². The molecule has 0 bridgehead atoms. The number of hydrogen-bond acceptors (Lipinski definition) is 4. The lowest BCUT2D eigenvalue weighted by molar-refractivity contribution is -0.274. The summed E-state index contributed by atoms with van der Waals surface area (Å²) in [6, 6.07) is 7.37. The number of hydrogen-bond donors (Lipinski definition) is 2. The summed E-state index contributed by atoms with van der Waals surface area (Å²) in [7, 11) is -3.99. The molecule has 0 atom stereocenters. The Bertz CT molecular complexity index is 932. The summed E-state index contributed by atoms with van der Waals surface area (Å²) in [6.07, 6.45) is -4.83. The van der Waals surface area contributed by atoms with Gasteiger partial charge in [0.05, 0.1) is 4.90 Å². The van der Waals surface area contributed by atoms with Gasteiger partial charge in [-0.05, 0) is 61.4 Å². The summed E-state index contributed by atoms with van der Waals surface area (Å²) < 4.78 is 67.9. The van der Waals surface area contributed by atoms with Gasteiger partial charge in [0.15, 0.2) is 0 Å². The Morgan fingerprint density at radius 1 is 1.00 bits per heavy atom. The molecule has 0 saturated heterocycles. The third kappa shape index (κ3) is 5.61. The van der Waals surface area contributed by atoms with E-state index in [2.05, 4.69) is 14.8 Å². The van der Waals surface area contributed by atoms with Crippen molar-refractivity contribution in [1.29, 1.82) is 0 Å². The number of benzene rings is 2. The molecule has 10 heteroatoms. The van der Waals surface area contributed by atoms with Gasteiger partial charge >= 0.3 is 6.36 Å². The number of nitrogens with one attached hydrogen (secondary N) is 2. The van der Waals surface area contributed by atoms with E-state index >= 15 is 0 Å². The maximum Gasteiger partial charge on any atom is 0.573 e. The number of carbonyl (C=O) groups excluding carboxylic acids is 1. The fourth-order valence-electron chi connectivity index (χ4n) is 2.58. The number of alkyl halides is 3. The van der Waals surface area contributed by atoms with Gasteiger partial charge in [-0.1, -0.05) is 0 Å². The first-order valence-electron chi connectivity index (χ1n) is 7.65. The average Bonchev–Trinajstić information content (AvgIpc) is 2.45. The first-order chi connectivity index (χ1) is 12.4. The normalized spacial score (nSPS) is 11.8. The highest BCUT2D eigenvalue weighted by molar-refractivity contribution is 7.92. The van der Waals surface area contributed by atoms with E-state index in [9.17, 15) is 26.4 Å². The number of anilines is 2. The van der Waals surface area contributed by atoms with Crippen LogP contribution >= 0.6 is 0 Å². The molecule has 2 N–H and O–H groups in total. The van der Waals surface area contributed by atoms with E-state index in [-0.39, 0.29) is 16.5 Å². The van der Waals surface area contributed by atoms with E-state index < -0.39 is 22.1 Å². The van der Waals surface area contributed by atoms with Crippen molar-refractivity contribution in [3.8, 4) is 5.75 Å². The quantitative estimate of drug-likeness (QED) is 0.793. The van der Waals surface area contributed by atoms with Gasteiger partial charge in [0.1, 0.15) is 5.75 Å². The third-order valence-electron chi connectivity index (χ3n) is 3.39. The molecule has 0 aliphatic rings. The molecule has 0 aliphatic heterocycles. The molecule has 6 nitrogen and oxygen atoms in total. The van der Waals surface area contributed by atoms with Gasteiger partial charge in [0, 0.05) is 18.3 Å². The Hall–Kier alpha value is -2.75. The molecule has 0 radical (unpaired) electrons. The molecule has 2 rings (SSSR count). The fraction of sp³-hybridized carbons (Fsp3) is 0.235. The molecule has 0 saturated carbocycles. The maximum atomic E-state index is 12.7. The minimum Gasteiger partial charge on any atom is -0.406 e. The molecular formula is C17H17F3N2O4S. The van der Waals surface area contributed by atoms with Crippen LogP contribution in [-0.2, 0) is 14.8 Å². The van der Waals surface area contributed by atoms with Crippen LogP contribution in [0.4, 0.5) is 24.5 Å². The van der Waals surface area contributed by atoms with Crippen LogP contribution in [0.5, 0.6) is 5.75 Å². The highest BCUT2D eigenvalue weighted by Gasteiger charge is 2.31. The zero-order valence-corrected chi connectivity index (χ0v) is 15.5. The number of sulfonamides is 1. The molecule has 2 aromatic carbocycles. The largest absolute Gasteiger partial charge is 0.573 e. The Kier molecular flexibility index (Phi) is 5.69. The molecule has 0 spiro atoms. The molecule has 0 heterocycles. The number of halogens is 3. The Labute approximate surface area is 154 Å². The van der Waals surface area contributed by atoms with Crippen molar-refractivity contribution in [2.75, 3.05) is 10.0 Å². The summed E-state index contributed by atoms with van der Waals surface area (Å²) in [4.78, 5) is 11.2. The predicted octanol–water partition coefficient (Wildman–Crippen LogP) is 3.96. The SMILES string of the molecule is CC(=O)Nc1cc(C)c(S(=O)(=O)Nc2ccc(OC(F)(F)F)cc2)c(C)c1. The second kappa shape index (κ2) is 7.47. The fourth-order valence-corrected chi connectivity index (χ4v) is 4.09. The minimum absolute atomic E-state index is 0.0206. The van der Waals surface area contributed by atoms with Crippen LogP contribution in [-0.4, -0.2) is 20.7 Å². The van der Waals surface area contributed by atoms with Crippen molar-refractivity contribution in [3.05, 3.63) is 47.5 Å². The standard InChI is InChI=1S/C17H17F3N2O4S/c1-10-8-14(21-12(3)23)9-11(2)16(10)27(24,25)22-13-4-6-15(7-5-13)26-17(18,19)20/h4-9,22H,1-3H3,(H,21,23). The molecule has 146 valence electrons. The van der Waals surface area contributed by atoms with Gasteiger partial charge in [0.2, 0.25) is 5.91 Å². The lowest BCUT2D eigenvalue weighted by Crippen LogP contribution is -2.18. The van der Waals surface area contributed by atoms with E-state index in [1.54, 1.807) is 13.8 Å². The highest BCUT2D eigenvalue weighted by Crippen LogP contribution is 2.28. The van der Waals surface area contributed by atoms with Crippen molar-refractivity contribution >= 4 is 27.3 Å². The van der Waals surface area contributed by atoms with Gasteiger partial charge in [-0.2, -0.15) is 0 Å². The van der Waals surface area contributed by atoms with Crippen LogP contribution in [0.2, 0.25) is 0 Å². The molecule has 0 aliphatic carbocycles. The second-order valence-corrected chi connectivity index (χ2v) is 7.42. The first kappa shape index (κ1) is 20.6. The van der Waals surface area contributed by atoms with Crippen LogP contribution in [0.3, 0.4) is 0 Å². The van der Waals surface area contributed by atoms with Crippen LogP contribution in [0.1, 0.15) is 18.1 Å². The van der Waals surface area contributed by atoms with Crippen molar-refractivity contribution in [2.45, 2.75) is 32.0 Å². The summed E-state index contributed by atoms with van der Waals surface area (Å²) in [5, 5.41) is 2.58. The zero-order valence-electron chi connectivity index (χ0n) is 14.6. The van der Waals surface area contributed by atoms with E-state index in [4.69, 9.17) is 0 Å². The van der Waals surface area contributed by atoms with Crippen LogP contribution < -0.4 is 14.8 Å². The monoisotopic (exact) mass is 402 g/mol. The van der Waals surface area contributed by atoms with E-state index in [0.29, 0.717) is 16.8 Å². The molecule has 0 aromatic heterocycles. The minimum atomic E-state index is -4.83. The van der Waals surface area contributed by atoms with Crippen LogP contribution in [0.15, 0.2) is 41.3 Å². The summed E-state index contributed by atoms with van der Waals surface area (Å²) in [5.41, 5.74) is 1.35. The Morgan fingerprint density at radius 3 is 1.96 bits per heavy atom. The zero-order chi connectivity index (χ0) is 20.4. The van der Waals surface area contributed by atoms with Gasteiger partial charge in [-0.3, -0.25) is 9.52 Å². The Morgan fingerprint density at radius 2 is 1.52 bits per heavy atom. The van der Waals surface area contributed by atoms with Crippen LogP contribution in [0.25, 0.3) is 0 Å². The topological polar surface area (TPSA) is 84.5 Å². The highest BCUT2D eigenvalue weighted by atomic mass is 32.2. The second-order valence-electron chi connectivity index (χ2n) is 5.80. The molecule has 2 aromatic rings. The number of ether oxygens (including phenoxy) is 1. The lowest BCUT2D eigenvalue weighted by Gasteiger charge is -2.15. The van der Waals surface area contributed by atoms with Gasteiger partial charge in [-0.15, -0.1) is 13.2 Å². The summed E-state index contributed by atoms with van der Waals surface area (Å²) >= 11 is 0. The molecule has 27 heavy (non-hydrogen) atoms. The van der Waals surface area contributed by atoms with Gasteiger partial charge in [0.25, 0.3) is 10.0 Å². The van der Waals surface area contributed by atoms with Gasteiger partial charge in [-0.25, -0.2) is 8.42 Å². The summed E-state index contributed by atoms with van der Waals surface area (Å²) in [6.45, 7) is 4.49. The van der Waals surface area contributed by atoms with Crippen molar-refractivity contribution in [2.24, 2.45) is 0 Å². The lowest BCUT2D eigenvalue weighted by atomic mass is 10.1. The van der Waals surface area contributed by atoms with Crippen molar-refractivity contribution < 1.29 is 31.1 Å². The number of aryl methyl sites for hydroxylation is 2. The van der Waals surface area contributed by atoms with Crippen molar-refractivity contribution in [1.82, 2.24) is 0 Å². The smallest absolute Gasteiger partial charge is 0.406 e. The molecular weight excluding hydrogens is 385 g/mol. The van der Waals surface area contributed by atoms with Crippen LogP contribution in [0, 0.1) is 13.8 Å². The third-order valence-corrected chi connectivity index (χ3v) is 5.08. The van der Waals surface area contributed by atoms with Gasteiger partial charge < -0.3 is 10.1 Å².